The molecular formula is C12H12N2O4. The van der Waals surface area contributed by atoms with Crippen molar-refractivity contribution in [3.05, 3.63) is 39.4 Å². The van der Waals surface area contributed by atoms with Gasteiger partial charge in [-0.3, -0.25) is 10.1 Å². The molecule has 0 saturated heterocycles. The predicted octanol–water partition coefficient (Wildman–Crippen LogP) is 2.23. The number of rotatable bonds is 5. The van der Waals surface area contributed by atoms with Gasteiger partial charge in [-0.05, 0) is 25.0 Å². The third kappa shape index (κ3) is 3.28. The van der Waals surface area contributed by atoms with Crippen LogP contribution in [0.2, 0.25) is 0 Å². The van der Waals surface area contributed by atoms with Crippen LogP contribution in [0.25, 0.3) is 0 Å². The van der Waals surface area contributed by atoms with E-state index in [1.807, 2.05) is 6.07 Å². The number of hydrogen-bond donors (Lipinski definition) is 0. The van der Waals surface area contributed by atoms with Crippen molar-refractivity contribution in [3.63, 3.8) is 0 Å². The highest BCUT2D eigenvalue weighted by Gasteiger charge is 2.21. The molecule has 6 nitrogen and oxygen atoms in total. The molecule has 18 heavy (non-hydrogen) atoms. The Morgan fingerprint density at radius 3 is 2.83 bits per heavy atom. The van der Waals surface area contributed by atoms with Crippen molar-refractivity contribution >= 4 is 11.7 Å². The van der Waals surface area contributed by atoms with Gasteiger partial charge in [-0.15, -0.1) is 0 Å². The second-order valence-corrected chi connectivity index (χ2v) is 3.49. The second-order valence-electron chi connectivity index (χ2n) is 3.49. The van der Waals surface area contributed by atoms with E-state index < -0.39 is 10.9 Å². The van der Waals surface area contributed by atoms with Gasteiger partial charge >= 0.3 is 5.97 Å². The number of nitrogens with zero attached hydrogens (tertiary/aromatic N) is 2. The van der Waals surface area contributed by atoms with E-state index in [0.29, 0.717) is 18.4 Å². The fourth-order valence-electron chi connectivity index (χ4n) is 1.47. The van der Waals surface area contributed by atoms with Gasteiger partial charge in [-0.25, -0.2) is 4.79 Å². The van der Waals surface area contributed by atoms with E-state index in [1.54, 1.807) is 6.92 Å². The fourth-order valence-corrected chi connectivity index (χ4v) is 1.47. The molecule has 0 aliphatic heterocycles. The molecule has 0 bridgehead atoms. The van der Waals surface area contributed by atoms with E-state index in [0.717, 1.165) is 0 Å². The van der Waals surface area contributed by atoms with Crippen LogP contribution >= 0.6 is 0 Å². The molecule has 1 aromatic rings. The molecule has 0 amide bonds. The normalized spacial score (nSPS) is 9.56. The Balaban J connectivity index is 3.12. The Kier molecular flexibility index (Phi) is 4.81. The standard InChI is InChI=1S/C12H12N2O4/c1-2-18-12(15)10-8-9(4-3-7-13)5-6-11(10)14(16)17/h5-6,8H,2-4H2,1H3. The number of carbonyl (C=O) groups excluding carboxylic acids is 1. The number of esters is 1. The number of benzene rings is 1. The molecule has 0 N–H and O–H groups in total. The first-order chi connectivity index (χ1) is 8.60. The van der Waals surface area contributed by atoms with E-state index in [-0.39, 0.29) is 17.9 Å². The lowest BCUT2D eigenvalue weighted by molar-refractivity contribution is -0.385. The highest BCUT2D eigenvalue weighted by molar-refractivity contribution is 5.94. The SMILES string of the molecule is CCOC(=O)c1cc(CCC#N)ccc1[N+](=O)[O-]. The van der Waals surface area contributed by atoms with Gasteiger partial charge in [0.2, 0.25) is 0 Å². The summed E-state index contributed by atoms with van der Waals surface area (Å²) in [6, 6.07) is 6.19. The molecule has 0 aromatic heterocycles. The van der Waals surface area contributed by atoms with Gasteiger partial charge in [0, 0.05) is 12.5 Å². The summed E-state index contributed by atoms with van der Waals surface area (Å²) < 4.78 is 4.77. The van der Waals surface area contributed by atoms with E-state index in [2.05, 4.69) is 0 Å². The Labute approximate surface area is 104 Å². The number of ether oxygens (including phenoxy) is 1. The van der Waals surface area contributed by atoms with Gasteiger partial charge < -0.3 is 4.74 Å². The zero-order chi connectivity index (χ0) is 13.5. The summed E-state index contributed by atoms with van der Waals surface area (Å²) in [5.74, 6) is -0.719. The lowest BCUT2D eigenvalue weighted by atomic mass is 10.1. The highest BCUT2D eigenvalue weighted by atomic mass is 16.6. The molecular weight excluding hydrogens is 236 g/mol. The Hall–Kier alpha value is -2.42. The van der Waals surface area contributed by atoms with Gasteiger partial charge in [-0.2, -0.15) is 5.26 Å². The second kappa shape index (κ2) is 6.35. The minimum Gasteiger partial charge on any atom is -0.462 e. The van der Waals surface area contributed by atoms with Crippen LogP contribution in [0.1, 0.15) is 29.3 Å². The maximum atomic E-state index is 11.6. The lowest BCUT2D eigenvalue weighted by Gasteiger charge is -2.05. The first-order valence-electron chi connectivity index (χ1n) is 5.41. The van der Waals surface area contributed by atoms with Crippen molar-refractivity contribution in [3.8, 4) is 6.07 Å². The first-order valence-corrected chi connectivity index (χ1v) is 5.41. The molecule has 94 valence electrons. The first kappa shape index (κ1) is 13.6. The van der Waals surface area contributed by atoms with Crippen molar-refractivity contribution in [2.24, 2.45) is 0 Å². The van der Waals surface area contributed by atoms with Crippen molar-refractivity contribution in [1.29, 1.82) is 5.26 Å². The van der Waals surface area contributed by atoms with Crippen LogP contribution < -0.4 is 0 Å². The number of hydrogen-bond acceptors (Lipinski definition) is 5. The number of nitro benzene ring substituents is 1. The molecule has 0 spiro atoms. The summed E-state index contributed by atoms with van der Waals surface area (Å²) >= 11 is 0. The maximum Gasteiger partial charge on any atom is 0.345 e. The molecule has 0 radical (unpaired) electrons. The number of nitriles is 1. The predicted molar refractivity (Wildman–Crippen MR) is 63.0 cm³/mol. The van der Waals surface area contributed by atoms with Gasteiger partial charge in [-0.1, -0.05) is 6.07 Å². The fraction of sp³-hybridized carbons (Fsp3) is 0.333. The van der Waals surface area contributed by atoms with E-state index in [9.17, 15) is 14.9 Å². The summed E-state index contributed by atoms with van der Waals surface area (Å²) in [4.78, 5) is 21.8. The summed E-state index contributed by atoms with van der Waals surface area (Å²) in [6.07, 6.45) is 0.737. The average molecular weight is 248 g/mol. The minimum atomic E-state index is -0.719. The van der Waals surface area contributed by atoms with Crippen molar-refractivity contribution in [2.75, 3.05) is 6.61 Å². The van der Waals surface area contributed by atoms with Gasteiger partial charge in [0.25, 0.3) is 5.69 Å². The van der Waals surface area contributed by atoms with Crippen LogP contribution in [0, 0.1) is 21.4 Å². The van der Waals surface area contributed by atoms with E-state index >= 15 is 0 Å². The van der Waals surface area contributed by atoms with Crippen LogP contribution in [0.15, 0.2) is 18.2 Å². The zero-order valence-corrected chi connectivity index (χ0v) is 9.88. The van der Waals surface area contributed by atoms with E-state index in [4.69, 9.17) is 10.00 Å². The monoisotopic (exact) mass is 248 g/mol. The highest BCUT2D eigenvalue weighted by Crippen LogP contribution is 2.21. The summed E-state index contributed by atoms with van der Waals surface area (Å²) in [5.41, 5.74) is 0.344. The van der Waals surface area contributed by atoms with Gasteiger partial charge in [0.05, 0.1) is 17.6 Å². The molecule has 0 atom stereocenters. The molecule has 0 aliphatic rings. The summed E-state index contributed by atoms with van der Waals surface area (Å²) in [6.45, 7) is 1.78. The van der Waals surface area contributed by atoms with Crippen molar-refractivity contribution < 1.29 is 14.5 Å². The lowest BCUT2D eigenvalue weighted by Crippen LogP contribution is -2.08. The van der Waals surface area contributed by atoms with Crippen LogP contribution in [0.4, 0.5) is 5.69 Å². The van der Waals surface area contributed by atoms with E-state index in [1.165, 1.54) is 18.2 Å². The minimum absolute atomic E-state index is 0.0720. The van der Waals surface area contributed by atoms with Crippen molar-refractivity contribution in [2.45, 2.75) is 19.8 Å². The maximum absolute atomic E-state index is 11.6. The molecule has 0 saturated carbocycles. The molecule has 6 heteroatoms. The van der Waals surface area contributed by atoms with Gasteiger partial charge in [0.15, 0.2) is 0 Å². The van der Waals surface area contributed by atoms with Crippen LogP contribution in [0.5, 0.6) is 0 Å². The number of nitro groups is 1. The Morgan fingerprint density at radius 1 is 1.56 bits per heavy atom. The molecule has 0 unspecified atom stereocenters. The Bertz CT molecular complexity index is 505. The van der Waals surface area contributed by atoms with Crippen LogP contribution in [-0.2, 0) is 11.2 Å². The van der Waals surface area contributed by atoms with Crippen LogP contribution in [0.3, 0.4) is 0 Å². The zero-order valence-electron chi connectivity index (χ0n) is 9.88. The summed E-state index contributed by atoms with van der Waals surface area (Å²) in [5, 5.41) is 19.3. The number of aryl methyl sites for hydroxylation is 1. The molecule has 0 heterocycles. The summed E-state index contributed by atoms with van der Waals surface area (Å²) in [7, 11) is 0. The third-order valence-electron chi connectivity index (χ3n) is 2.28. The van der Waals surface area contributed by atoms with Crippen molar-refractivity contribution in [1.82, 2.24) is 0 Å². The van der Waals surface area contributed by atoms with Crippen LogP contribution in [-0.4, -0.2) is 17.5 Å². The quantitative estimate of drug-likeness (QED) is 0.452. The topological polar surface area (TPSA) is 93.2 Å². The molecule has 1 aromatic carbocycles. The van der Waals surface area contributed by atoms with Gasteiger partial charge in [0.1, 0.15) is 5.56 Å². The molecule has 0 fully saturated rings. The largest absolute Gasteiger partial charge is 0.462 e. The smallest absolute Gasteiger partial charge is 0.345 e. The molecule has 1 rings (SSSR count). The Morgan fingerprint density at radius 2 is 2.28 bits per heavy atom. The average Bonchev–Trinajstić information content (AvgIpc) is 2.36. The third-order valence-corrected chi connectivity index (χ3v) is 2.28. The number of carbonyl (C=O) groups is 1. The molecule has 0 aliphatic carbocycles.